The Morgan fingerprint density at radius 2 is 1.78 bits per heavy atom. The van der Waals surface area contributed by atoms with Crippen LogP contribution in [0.5, 0.6) is 0 Å². The Hall–Kier alpha value is -3.09. The predicted octanol–water partition coefficient (Wildman–Crippen LogP) is 4.37. The monoisotopic (exact) mass is 371 g/mol. The van der Waals surface area contributed by atoms with Gasteiger partial charge in [0.2, 0.25) is 12.3 Å². The Labute approximate surface area is 153 Å². The fourth-order valence-corrected chi connectivity index (χ4v) is 3.44. The lowest BCUT2D eigenvalue weighted by molar-refractivity contribution is -0.475. The van der Waals surface area contributed by atoms with Crippen molar-refractivity contribution in [2.45, 2.75) is 26.6 Å². The van der Waals surface area contributed by atoms with Crippen LogP contribution in [0.1, 0.15) is 33.9 Å². The van der Waals surface area contributed by atoms with Crippen molar-refractivity contribution in [2.75, 3.05) is 0 Å². The number of rotatable bonds is 1. The summed E-state index contributed by atoms with van der Waals surface area (Å²) >= 11 is 0. The Bertz CT molecular complexity index is 1070. The fraction of sp³-hybridized carbons (Fsp3) is 0.200. The van der Waals surface area contributed by atoms with Crippen molar-refractivity contribution in [3.8, 4) is 5.69 Å². The Balaban J connectivity index is 2.08. The molecule has 1 aliphatic heterocycles. The first-order valence-corrected chi connectivity index (χ1v) is 8.41. The van der Waals surface area contributed by atoms with Crippen LogP contribution in [0.2, 0.25) is 0 Å². The summed E-state index contributed by atoms with van der Waals surface area (Å²) in [5.41, 5.74) is 2.29. The summed E-state index contributed by atoms with van der Waals surface area (Å²) < 4.78 is 42.5. The van der Waals surface area contributed by atoms with Crippen LogP contribution in [0.25, 0.3) is 5.69 Å². The smallest absolute Gasteiger partial charge is 0.416 e. The van der Waals surface area contributed by atoms with Crippen LogP contribution >= 0.6 is 0 Å². The number of nitrogens with zero attached hydrogens (tertiary/aromatic N) is 3. The summed E-state index contributed by atoms with van der Waals surface area (Å²) in [6.07, 6.45) is -4.50. The van der Waals surface area contributed by atoms with E-state index in [-0.39, 0.29) is 17.8 Å². The fourth-order valence-electron chi connectivity index (χ4n) is 3.44. The van der Waals surface area contributed by atoms with E-state index in [1.807, 2.05) is 13.8 Å². The van der Waals surface area contributed by atoms with Crippen molar-refractivity contribution in [1.82, 2.24) is 9.55 Å². The molecule has 0 saturated carbocycles. The lowest BCUT2D eigenvalue weighted by Crippen LogP contribution is -2.18. The molecule has 0 atom stereocenters. The lowest BCUT2D eigenvalue weighted by Gasteiger charge is -2.15. The van der Waals surface area contributed by atoms with Crippen LogP contribution in [0.4, 0.5) is 13.2 Å². The highest BCUT2D eigenvalue weighted by Crippen LogP contribution is 2.34. The topological polar surface area (TPSA) is 43.9 Å². The van der Waals surface area contributed by atoms with Crippen LogP contribution in [0.15, 0.2) is 48.5 Å². The molecule has 0 radical (unpaired) electrons. The summed E-state index contributed by atoms with van der Waals surface area (Å²) in [5, 5.41) is 13.0. The van der Waals surface area contributed by atoms with Crippen LogP contribution in [-0.4, -0.2) is 20.0 Å². The third kappa shape index (κ3) is 2.79. The first kappa shape index (κ1) is 17.3. The molecule has 0 bridgehead atoms. The van der Waals surface area contributed by atoms with Crippen molar-refractivity contribution in [3.63, 3.8) is 0 Å². The zero-order valence-electron chi connectivity index (χ0n) is 14.7. The minimum absolute atomic E-state index is 0.0467. The number of hydrogen-bond acceptors (Lipinski definition) is 2. The van der Waals surface area contributed by atoms with Gasteiger partial charge in [0.05, 0.1) is 22.5 Å². The van der Waals surface area contributed by atoms with Crippen LogP contribution < -0.4 is 0 Å². The van der Waals surface area contributed by atoms with Gasteiger partial charge in [0.25, 0.3) is 0 Å². The third-order valence-corrected chi connectivity index (χ3v) is 4.82. The standard InChI is InChI=1S/C20H16F3N3O/c1-12-13(2)26-17-9-8-15(20(21,22)23)10-16(17)19(14-6-4-3-5-7-14)25(27)11-18(26)24-12/h3-10H,11H2,1-2H3. The largest absolute Gasteiger partial charge is 0.623 e. The van der Waals surface area contributed by atoms with Crippen molar-refractivity contribution in [3.05, 3.63) is 87.6 Å². The molecule has 4 nitrogen and oxygen atoms in total. The average molecular weight is 371 g/mol. The highest BCUT2D eigenvalue weighted by atomic mass is 19.4. The number of halogens is 3. The first-order valence-electron chi connectivity index (χ1n) is 8.41. The molecule has 0 N–H and O–H groups in total. The maximum absolute atomic E-state index is 13.3. The highest BCUT2D eigenvalue weighted by molar-refractivity contribution is 6.12. The van der Waals surface area contributed by atoms with Gasteiger partial charge < -0.3 is 5.21 Å². The van der Waals surface area contributed by atoms with Gasteiger partial charge in [-0.05, 0) is 44.2 Å². The Morgan fingerprint density at radius 1 is 1.07 bits per heavy atom. The third-order valence-electron chi connectivity index (χ3n) is 4.82. The molecular formula is C20H16F3N3O. The van der Waals surface area contributed by atoms with E-state index in [0.717, 1.165) is 28.3 Å². The zero-order chi connectivity index (χ0) is 19.3. The molecule has 27 heavy (non-hydrogen) atoms. The normalized spacial score (nSPS) is 14.0. The maximum Gasteiger partial charge on any atom is 0.416 e. The molecule has 0 spiro atoms. The van der Waals surface area contributed by atoms with Gasteiger partial charge in [-0.25, -0.2) is 4.98 Å². The van der Waals surface area contributed by atoms with E-state index in [0.29, 0.717) is 17.1 Å². The number of hydroxylamine groups is 1. The number of imidazole rings is 1. The predicted molar refractivity (Wildman–Crippen MR) is 95.0 cm³/mol. The number of hydrogen-bond donors (Lipinski definition) is 0. The van der Waals surface area contributed by atoms with Crippen molar-refractivity contribution >= 4 is 5.71 Å². The average Bonchev–Trinajstić information content (AvgIpc) is 2.82. The summed E-state index contributed by atoms with van der Waals surface area (Å²) in [6.45, 7) is 3.61. The van der Waals surface area contributed by atoms with Crippen molar-refractivity contribution < 1.29 is 17.9 Å². The second-order valence-electron chi connectivity index (χ2n) is 6.52. The van der Waals surface area contributed by atoms with Gasteiger partial charge in [0.15, 0.2) is 5.82 Å². The van der Waals surface area contributed by atoms with E-state index in [4.69, 9.17) is 0 Å². The van der Waals surface area contributed by atoms with E-state index in [9.17, 15) is 18.4 Å². The molecule has 0 amide bonds. The number of benzene rings is 2. The quantitative estimate of drug-likeness (QED) is 0.471. The van der Waals surface area contributed by atoms with Crippen molar-refractivity contribution in [1.29, 1.82) is 0 Å². The van der Waals surface area contributed by atoms with Crippen molar-refractivity contribution in [2.24, 2.45) is 0 Å². The molecule has 1 aliphatic rings. The lowest BCUT2D eigenvalue weighted by atomic mass is 9.98. The highest BCUT2D eigenvalue weighted by Gasteiger charge is 2.35. The molecule has 0 saturated heterocycles. The van der Waals surface area contributed by atoms with E-state index >= 15 is 0 Å². The van der Waals surface area contributed by atoms with Crippen LogP contribution in [0.3, 0.4) is 0 Å². The molecule has 4 rings (SSSR count). The number of aryl methyl sites for hydroxylation is 1. The molecule has 0 aliphatic carbocycles. The second-order valence-corrected chi connectivity index (χ2v) is 6.52. The summed E-state index contributed by atoms with van der Waals surface area (Å²) in [4.78, 5) is 4.45. The molecule has 2 aromatic carbocycles. The van der Waals surface area contributed by atoms with Gasteiger partial charge in [-0.1, -0.05) is 18.2 Å². The van der Waals surface area contributed by atoms with E-state index in [1.54, 1.807) is 34.9 Å². The van der Waals surface area contributed by atoms with Gasteiger partial charge in [-0.3, -0.25) is 4.57 Å². The maximum atomic E-state index is 13.3. The molecule has 138 valence electrons. The van der Waals surface area contributed by atoms with Crippen LogP contribution in [0, 0.1) is 19.1 Å². The molecule has 0 unspecified atom stereocenters. The molecular weight excluding hydrogens is 355 g/mol. The molecule has 2 heterocycles. The molecule has 1 aromatic heterocycles. The van der Waals surface area contributed by atoms with E-state index in [2.05, 4.69) is 4.98 Å². The minimum Gasteiger partial charge on any atom is -0.623 e. The summed E-state index contributed by atoms with van der Waals surface area (Å²) in [5.74, 6) is 0.506. The summed E-state index contributed by atoms with van der Waals surface area (Å²) in [7, 11) is 0. The molecule has 0 fully saturated rings. The van der Waals surface area contributed by atoms with E-state index in [1.165, 1.54) is 6.07 Å². The first-order chi connectivity index (χ1) is 12.8. The van der Waals surface area contributed by atoms with Crippen LogP contribution in [-0.2, 0) is 12.7 Å². The summed E-state index contributed by atoms with van der Waals surface area (Å²) in [6, 6.07) is 12.2. The molecule has 3 aromatic rings. The number of aromatic nitrogens is 2. The van der Waals surface area contributed by atoms with Gasteiger partial charge in [0.1, 0.15) is 0 Å². The molecule has 7 heteroatoms. The van der Waals surface area contributed by atoms with Gasteiger partial charge >= 0.3 is 6.18 Å². The Kier molecular flexibility index (Phi) is 3.83. The SMILES string of the molecule is Cc1nc2n(c1C)-c1ccc(C(F)(F)F)cc1C(c1ccccc1)=[N+]([O-])C2. The number of fused-ring (bicyclic) bond motifs is 3. The van der Waals surface area contributed by atoms with Gasteiger partial charge in [-0.15, -0.1) is 0 Å². The number of alkyl halides is 3. The zero-order valence-corrected chi connectivity index (χ0v) is 14.7. The van der Waals surface area contributed by atoms with Gasteiger partial charge in [-0.2, -0.15) is 17.9 Å². The van der Waals surface area contributed by atoms with Gasteiger partial charge in [0, 0.05) is 11.3 Å². The minimum atomic E-state index is -4.50. The second kappa shape index (κ2) is 5.97. The van der Waals surface area contributed by atoms with E-state index < -0.39 is 11.7 Å². The Morgan fingerprint density at radius 3 is 2.44 bits per heavy atom.